The number of carbonyl (C=O) groups is 1. The molecule has 0 bridgehead atoms. The lowest BCUT2D eigenvalue weighted by molar-refractivity contribution is 0.0932. The van der Waals surface area contributed by atoms with Gasteiger partial charge in [0.15, 0.2) is 0 Å². The van der Waals surface area contributed by atoms with Crippen LogP contribution in [-0.4, -0.2) is 28.3 Å². The molecule has 4 N–H and O–H groups in total. The third kappa shape index (κ3) is 4.91. The van der Waals surface area contributed by atoms with Crippen molar-refractivity contribution in [3.63, 3.8) is 0 Å². The van der Waals surface area contributed by atoms with Crippen LogP contribution in [0.15, 0.2) is 71.7 Å². The first-order valence-electron chi connectivity index (χ1n) is 10.7. The van der Waals surface area contributed by atoms with Gasteiger partial charge in [0.2, 0.25) is 0 Å². The number of hydrogen-bond acceptors (Lipinski definition) is 3. The number of fused-ring (bicyclic) bond motifs is 2. The second-order valence-electron chi connectivity index (χ2n) is 7.60. The number of rotatable bonds is 8. The van der Waals surface area contributed by atoms with Crippen LogP contribution in [0, 0.1) is 0 Å². The molecule has 0 aliphatic carbocycles. The van der Waals surface area contributed by atoms with Crippen molar-refractivity contribution in [1.29, 1.82) is 0 Å². The molecule has 158 valence electrons. The second kappa shape index (κ2) is 9.43. The molecule has 0 fully saturated rings. The molecule has 31 heavy (non-hydrogen) atoms. The van der Waals surface area contributed by atoms with E-state index < -0.39 is 0 Å². The van der Waals surface area contributed by atoms with Gasteiger partial charge in [0.05, 0.1) is 22.9 Å². The van der Waals surface area contributed by atoms with Gasteiger partial charge in [0, 0.05) is 18.5 Å². The van der Waals surface area contributed by atoms with E-state index in [1.807, 2.05) is 73.7 Å². The van der Waals surface area contributed by atoms with Gasteiger partial charge < -0.3 is 16.0 Å². The molecular formula is C25H27N5O. The molecule has 0 aliphatic heterocycles. The summed E-state index contributed by atoms with van der Waals surface area (Å²) in [7, 11) is 0. The Bertz CT molecular complexity index is 1190. The van der Waals surface area contributed by atoms with Gasteiger partial charge in [-0.15, -0.1) is 0 Å². The van der Waals surface area contributed by atoms with Gasteiger partial charge in [-0.25, -0.2) is 4.98 Å². The van der Waals surface area contributed by atoms with Crippen LogP contribution in [0.25, 0.3) is 21.8 Å². The molecular weight excluding hydrogens is 386 g/mol. The average Bonchev–Trinajstić information content (AvgIpc) is 3.24. The topological polar surface area (TPSA) is 96.2 Å². The predicted octanol–water partition coefficient (Wildman–Crippen LogP) is 4.73. The minimum absolute atomic E-state index is 0.118. The van der Waals surface area contributed by atoms with Gasteiger partial charge in [-0.3, -0.25) is 9.79 Å². The maximum atomic E-state index is 13.1. The molecule has 6 nitrogen and oxygen atoms in total. The summed E-state index contributed by atoms with van der Waals surface area (Å²) < 4.78 is 0. The van der Waals surface area contributed by atoms with Gasteiger partial charge in [-0.05, 0) is 47.9 Å². The number of nitrogens with one attached hydrogen (secondary N) is 2. The van der Waals surface area contributed by atoms with Crippen LogP contribution in [0.2, 0.25) is 0 Å². The third-order valence-corrected chi connectivity index (χ3v) is 5.38. The summed E-state index contributed by atoms with van der Waals surface area (Å²) in [5.41, 5.74) is 8.29. The van der Waals surface area contributed by atoms with E-state index in [1.165, 1.54) is 0 Å². The number of nitrogens with two attached hydrogens (primary N) is 1. The van der Waals surface area contributed by atoms with Crippen LogP contribution >= 0.6 is 0 Å². The number of imidazole rings is 1. The maximum absolute atomic E-state index is 13.1. The number of aromatic nitrogens is 2. The average molecular weight is 414 g/mol. The van der Waals surface area contributed by atoms with Crippen molar-refractivity contribution >= 4 is 33.5 Å². The largest absolute Gasteiger partial charge is 0.387 e. The van der Waals surface area contributed by atoms with Crippen molar-refractivity contribution in [2.45, 2.75) is 32.2 Å². The van der Waals surface area contributed by atoms with E-state index in [9.17, 15) is 4.79 Å². The van der Waals surface area contributed by atoms with E-state index >= 15 is 0 Å². The van der Waals surface area contributed by atoms with Crippen molar-refractivity contribution in [2.24, 2.45) is 10.7 Å². The van der Waals surface area contributed by atoms with Crippen molar-refractivity contribution in [3.05, 3.63) is 78.1 Å². The number of hydrogen-bond donors (Lipinski definition) is 3. The Balaban J connectivity index is 1.55. The number of amidine groups is 1. The molecule has 0 aliphatic rings. The molecule has 0 spiro atoms. The number of benzene rings is 3. The zero-order valence-electron chi connectivity index (χ0n) is 17.6. The molecule has 0 unspecified atom stereocenters. The number of H-pyrrole nitrogens is 1. The van der Waals surface area contributed by atoms with Crippen LogP contribution in [0.5, 0.6) is 0 Å². The number of nitrogens with zero attached hydrogens (tertiary/aromatic N) is 2. The molecule has 4 aromatic rings. The van der Waals surface area contributed by atoms with Crippen LogP contribution in [0.4, 0.5) is 0 Å². The first-order chi connectivity index (χ1) is 15.1. The molecule has 4 rings (SSSR count). The molecule has 1 atom stereocenters. The van der Waals surface area contributed by atoms with Crippen LogP contribution in [-0.2, 0) is 0 Å². The van der Waals surface area contributed by atoms with Gasteiger partial charge in [-0.1, -0.05) is 49.4 Å². The molecule has 3 aromatic carbocycles. The zero-order valence-corrected chi connectivity index (χ0v) is 17.6. The summed E-state index contributed by atoms with van der Waals surface area (Å²) in [4.78, 5) is 25.5. The monoisotopic (exact) mass is 413 g/mol. The summed E-state index contributed by atoms with van der Waals surface area (Å²) in [5.74, 6) is 1.29. The van der Waals surface area contributed by atoms with Crippen molar-refractivity contribution in [3.8, 4) is 0 Å². The van der Waals surface area contributed by atoms with Crippen molar-refractivity contribution in [1.82, 2.24) is 15.3 Å². The van der Waals surface area contributed by atoms with E-state index in [4.69, 9.17) is 10.7 Å². The quantitative estimate of drug-likeness (QED) is 0.221. The summed E-state index contributed by atoms with van der Waals surface area (Å²) in [5, 5.41) is 5.32. The predicted molar refractivity (Wildman–Crippen MR) is 126 cm³/mol. The van der Waals surface area contributed by atoms with Crippen LogP contribution in [0.1, 0.15) is 48.4 Å². The Morgan fingerprint density at radius 2 is 1.87 bits per heavy atom. The summed E-state index contributed by atoms with van der Waals surface area (Å²) in [6, 6.07) is 21.4. The molecule has 1 aromatic heterocycles. The fraction of sp³-hybridized carbons (Fsp3) is 0.240. The summed E-state index contributed by atoms with van der Waals surface area (Å²) in [6.45, 7) is 2.61. The summed E-state index contributed by atoms with van der Waals surface area (Å²) in [6.07, 6.45) is 2.24. The number of amides is 1. The van der Waals surface area contributed by atoms with Crippen LogP contribution in [0.3, 0.4) is 0 Å². The van der Waals surface area contributed by atoms with E-state index in [-0.39, 0.29) is 11.9 Å². The highest BCUT2D eigenvalue weighted by atomic mass is 16.1. The lowest BCUT2D eigenvalue weighted by Gasteiger charge is -2.17. The van der Waals surface area contributed by atoms with Gasteiger partial charge in [0.25, 0.3) is 5.91 Å². The number of aromatic amines is 1. The Hall–Kier alpha value is -3.67. The highest BCUT2D eigenvalue weighted by Gasteiger charge is 2.19. The van der Waals surface area contributed by atoms with E-state index in [0.29, 0.717) is 24.4 Å². The molecule has 1 heterocycles. The van der Waals surface area contributed by atoms with E-state index in [1.54, 1.807) is 0 Å². The van der Waals surface area contributed by atoms with Gasteiger partial charge >= 0.3 is 0 Å². The zero-order chi connectivity index (χ0) is 21.6. The van der Waals surface area contributed by atoms with Gasteiger partial charge in [0.1, 0.15) is 5.82 Å². The molecule has 0 saturated heterocycles. The molecule has 6 heteroatoms. The Morgan fingerprint density at radius 1 is 1.10 bits per heavy atom. The highest BCUT2D eigenvalue weighted by Crippen LogP contribution is 2.22. The third-order valence-electron chi connectivity index (χ3n) is 5.38. The van der Waals surface area contributed by atoms with E-state index in [2.05, 4.69) is 15.3 Å². The van der Waals surface area contributed by atoms with Crippen molar-refractivity contribution in [2.75, 3.05) is 6.54 Å². The second-order valence-corrected chi connectivity index (χ2v) is 7.60. The van der Waals surface area contributed by atoms with Crippen molar-refractivity contribution < 1.29 is 4.79 Å². The molecule has 1 amide bonds. The minimum Gasteiger partial charge on any atom is -0.387 e. The standard InChI is InChI=1S/C25H27N5O/c1-2-23(26)27-15-7-12-22(24-28-20-10-5-6-11-21(20)29-24)30-25(31)19-14-13-17-8-3-4-9-18(17)16-19/h3-6,8-11,13-14,16,22H,2,7,12,15H2,1H3,(H2,26,27)(H,28,29)(H,30,31)/t22-/m0/s1. The Labute approximate surface area is 181 Å². The first kappa shape index (κ1) is 20.6. The normalized spacial score (nSPS) is 12.9. The fourth-order valence-electron chi connectivity index (χ4n) is 3.62. The number of aliphatic imine (C=N–C) groups is 1. The first-order valence-corrected chi connectivity index (χ1v) is 10.7. The Morgan fingerprint density at radius 3 is 2.68 bits per heavy atom. The Kier molecular flexibility index (Phi) is 6.26. The maximum Gasteiger partial charge on any atom is 0.251 e. The SMILES string of the molecule is CCC(N)=NCCC[C@H](NC(=O)c1ccc2ccccc2c1)c1nc2ccccc2[nH]1. The fourth-order valence-corrected chi connectivity index (χ4v) is 3.62. The van der Waals surface area contributed by atoms with E-state index in [0.717, 1.165) is 40.5 Å². The lowest BCUT2D eigenvalue weighted by atomic mass is 10.1. The highest BCUT2D eigenvalue weighted by molar-refractivity contribution is 5.98. The lowest BCUT2D eigenvalue weighted by Crippen LogP contribution is -2.29. The molecule has 0 saturated carbocycles. The van der Waals surface area contributed by atoms with Gasteiger partial charge in [-0.2, -0.15) is 0 Å². The minimum atomic E-state index is -0.246. The summed E-state index contributed by atoms with van der Waals surface area (Å²) >= 11 is 0. The smallest absolute Gasteiger partial charge is 0.251 e. The number of carbonyl (C=O) groups excluding carboxylic acids is 1. The van der Waals surface area contributed by atoms with Crippen LogP contribution < -0.4 is 11.1 Å². The number of para-hydroxylation sites is 2. The molecule has 0 radical (unpaired) electrons.